The molecule has 8 heteroatoms. The van der Waals surface area contributed by atoms with E-state index in [0.29, 0.717) is 10.9 Å². The first-order chi connectivity index (χ1) is 5.84. The minimum Gasteiger partial charge on any atom is -0.445 e. The first kappa shape index (κ1) is 10.0. The molecule has 0 aromatic carbocycles. The first-order valence-corrected chi connectivity index (χ1v) is 3.34. The van der Waals surface area contributed by atoms with Crippen LogP contribution in [0, 0.1) is 0 Å². The van der Waals surface area contributed by atoms with Gasteiger partial charge in [-0.15, -0.1) is 0 Å². The Morgan fingerprint density at radius 3 is 2.23 bits per heavy atom. The second kappa shape index (κ2) is 3.00. The number of halogens is 5. The predicted octanol–water partition coefficient (Wildman–Crippen LogP) is 1.41. The Balaban J connectivity index is 3.23. The lowest BCUT2D eigenvalue weighted by atomic mass is 9.80. The summed E-state index contributed by atoms with van der Waals surface area (Å²) in [5, 5.41) is 3.14. The van der Waals surface area contributed by atoms with Crippen molar-refractivity contribution in [2.24, 2.45) is 7.05 Å². The van der Waals surface area contributed by atoms with Crippen LogP contribution < -0.4 is 5.46 Å². The molecule has 2 nitrogen and oxygen atoms in total. The number of hydrogen-bond acceptors (Lipinski definition) is 1. The Labute approximate surface area is 70.4 Å². The number of alkyl halides is 2. The van der Waals surface area contributed by atoms with Gasteiger partial charge in [-0.2, -0.15) is 5.10 Å². The summed E-state index contributed by atoms with van der Waals surface area (Å²) in [5.41, 5.74) is -2.40. The van der Waals surface area contributed by atoms with Crippen LogP contribution in [-0.2, 0) is 7.05 Å². The third-order valence-corrected chi connectivity index (χ3v) is 1.57. The van der Waals surface area contributed by atoms with Crippen LogP contribution in [0.3, 0.4) is 0 Å². The highest BCUT2D eigenvalue weighted by molar-refractivity contribution is 6.73. The lowest BCUT2D eigenvalue weighted by molar-refractivity contribution is 0.141. The number of aryl methyl sites for hydroxylation is 1. The molecule has 0 aliphatic carbocycles. The lowest BCUT2D eigenvalue weighted by Crippen LogP contribution is -2.36. The molecule has 0 amide bonds. The van der Waals surface area contributed by atoms with E-state index in [2.05, 4.69) is 5.10 Å². The van der Waals surface area contributed by atoms with Gasteiger partial charge in [-0.25, -0.2) is 8.78 Å². The van der Waals surface area contributed by atoms with Gasteiger partial charge in [0.1, 0.15) is 0 Å². The molecule has 0 aliphatic rings. The van der Waals surface area contributed by atoms with Gasteiger partial charge in [0.15, 0.2) is 0 Å². The van der Waals surface area contributed by atoms with Crippen molar-refractivity contribution < 1.29 is 21.7 Å². The number of rotatable bonds is 2. The molecule has 0 aliphatic heterocycles. The average Bonchev–Trinajstić information content (AvgIpc) is 2.28. The molecule has 1 rings (SSSR count). The van der Waals surface area contributed by atoms with E-state index >= 15 is 0 Å². The van der Waals surface area contributed by atoms with E-state index in [-0.39, 0.29) is 0 Å². The highest BCUT2D eigenvalue weighted by atomic mass is 19.4. The molecule has 74 valence electrons. The van der Waals surface area contributed by atoms with Gasteiger partial charge in [0.05, 0.1) is 5.69 Å². The van der Waals surface area contributed by atoms with Crippen molar-refractivity contribution in [3.8, 4) is 0 Å². The molecule has 1 heterocycles. The molecular formula is C5H5BF5N2-. The third-order valence-electron chi connectivity index (χ3n) is 1.57. The Morgan fingerprint density at radius 2 is 1.92 bits per heavy atom. The minimum atomic E-state index is -5.41. The van der Waals surface area contributed by atoms with Gasteiger partial charge in [-0.3, -0.25) is 4.68 Å². The molecule has 0 spiro atoms. The molecule has 1 aromatic rings. The number of hydrogen-bond donors (Lipinski definition) is 0. The smallest absolute Gasteiger partial charge is 0.445 e. The summed E-state index contributed by atoms with van der Waals surface area (Å²) in [6.07, 6.45) is -2.74. The molecular weight excluding hydrogens is 194 g/mol. The Hall–Kier alpha value is -1.08. The zero-order valence-electron chi connectivity index (χ0n) is 6.52. The quantitative estimate of drug-likeness (QED) is 0.520. The van der Waals surface area contributed by atoms with Gasteiger partial charge < -0.3 is 12.9 Å². The molecule has 1 aromatic heterocycles. The normalized spacial score (nSPS) is 12.5. The molecule has 0 atom stereocenters. The van der Waals surface area contributed by atoms with E-state index < -0.39 is 24.6 Å². The summed E-state index contributed by atoms with van der Waals surface area (Å²) in [5.74, 6) is 0. The standard InChI is InChI=1S/C5H5BF5N2/c1-13-4(5(7)8)3(2-12-13)6(9,10)11/h2,5H,1H3/q-1. The number of aromatic nitrogens is 2. The van der Waals surface area contributed by atoms with Crippen molar-refractivity contribution in [2.75, 3.05) is 0 Å². The zero-order chi connectivity index (χ0) is 10.2. The van der Waals surface area contributed by atoms with Crippen molar-refractivity contribution in [3.63, 3.8) is 0 Å². The first-order valence-electron chi connectivity index (χ1n) is 3.34. The van der Waals surface area contributed by atoms with Crippen molar-refractivity contribution in [2.45, 2.75) is 6.43 Å². The summed E-state index contributed by atoms with van der Waals surface area (Å²) in [6.45, 7) is -5.41. The van der Waals surface area contributed by atoms with E-state index in [9.17, 15) is 21.7 Å². The second-order valence-corrected chi connectivity index (χ2v) is 2.48. The largest absolute Gasteiger partial charge is 0.513 e. The molecule has 0 fully saturated rings. The van der Waals surface area contributed by atoms with Crippen molar-refractivity contribution >= 4 is 12.4 Å². The van der Waals surface area contributed by atoms with Gasteiger partial charge in [0.2, 0.25) is 0 Å². The summed E-state index contributed by atoms with van der Waals surface area (Å²) < 4.78 is 61.0. The van der Waals surface area contributed by atoms with Gasteiger partial charge in [0, 0.05) is 13.2 Å². The van der Waals surface area contributed by atoms with Crippen LogP contribution >= 0.6 is 0 Å². The molecule has 0 radical (unpaired) electrons. The van der Waals surface area contributed by atoms with Crippen molar-refractivity contribution in [1.82, 2.24) is 9.78 Å². The fourth-order valence-electron chi connectivity index (χ4n) is 0.983. The van der Waals surface area contributed by atoms with E-state index in [1.54, 1.807) is 0 Å². The fourth-order valence-corrected chi connectivity index (χ4v) is 0.983. The van der Waals surface area contributed by atoms with E-state index in [1.807, 2.05) is 0 Å². The van der Waals surface area contributed by atoms with Gasteiger partial charge in [0.25, 0.3) is 6.43 Å². The lowest BCUT2D eigenvalue weighted by Gasteiger charge is -2.14. The summed E-state index contributed by atoms with van der Waals surface area (Å²) in [7, 11) is 1.05. The van der Waals surface area contributed by atoms with Crippen molar-refractivity contribution in [3.05, 3.63) is 11.9 Å². The van der Waals surface area contributed by atoms with Crippen LogP contribution in [0.2, 0.25) is 0 Å². The maximum Gasteiger partial charge on any atom is 0.513 e. The van der Waals surface area contributed by atoms with E-state index in [0.717, 1.165) is 7.05 Å². The van der Waals surface area contributed by atoms with Crippen LogP contribution in [0.1, 0.15) is 12.1 Å². The van der Waals surface area contributed by atoms with Gasteiger partial charge in [-0.1, -0.05) is 5.46 Å². The van der Waals surface area contributed by atoms with E-state index in [4.69, 9.17) is 0 Å². The topological polar surface area (TPSA) is 17.8 Å². The third kappa shape index (κ3) is 1.81. The number of nitrogens with zero attached hydrogens (tertiary/aromatic N) is 2. The van der Waals surface area contributed by atoms with Crippen LogP contribution in [0.5, 0.6) is 0 Å². The highest BCUT2D eigenvalue weighted by Gasteiger charge is 2.33. The maximum absolute atomic E-state index is 12.1. The molecule has 0 saturated heterocycles. The van der Waals surface area contributed by atoms with Gasteiger partial charge >= 0.3 is 6.98 Å². The summed E-state index contributed by atoms with van der Waals surface area (Å²) in [6, 6.07) is 0. The van der Waals surface area contributed by atoms with Gasteiger partial charge in [-0.05, 0) is 0 Å². The fraction of sp³-hybridized carbons (Fsp3) is 0.400. The Kier molecular flexibility index (Phi) is 2.31. The van der Waals surface area contributed by atoms with Crippen LogP contribution in [0.25, 0.3) is 0 Å². The Bertz CT molecular complexity index is 304. The zero-order valence-corrected chi connectivity index (χ0v) is 6.52. The summed E-state index contributed by atoms with van der Waals surface area (Å²) in [4.78, 5) is 0. The van der Waals surface area contributed by atoms with Crippen molar-refractivity contribution in [1.29, 1.82) is 0 Å². The van der Waals surface area contributed by atoms with Crippen LogP contribution in [-0.4, -0.2) is 16.8 Å². The SMILES string of the molecule is Cn1ncc([B-](F)(F)F)c1C(F)F. The predicted molar refractivity (Wildman–Crippen MR) is 36.9 cm³/mol. The monoisotopic (exact) mass is 199 g/mol. The van der Waals surface area contributed by atoms with Crippen LogP contribution in [0.4, 0.5) is 21.7 Å². The summed E-state index contributed by atoms with van der Waals surface area (Å²) >= 11 is 0. The molecule has 0 bridgehead atoms. The van der Waals surface area contributed by atoms with E-state index in [1.165, 1.54) is 0 Å². The second-order valence-electron chi connectivity index (χ2n) is 2.48. The highest BCUT2D eigenvalue weighted by Crippen LogP contribution is 2.20. The minimum absolute atomic E-state index is 0.418. The maximum atomic E-state index is 12.1. The molecule has 0 unspecified atom stereocenters. The average molecular weight is 199 g/mol. The van der Waals surface area contributed by atoms with Crippen LogP contribution in [0.15, 0.2) is 6.20 Å². The molecule has 0 N–H and O–H groups in total. The molecule has 0 saturated carbocycles. The molecule has 13 heavy (non-hydrogen) atoms. The Morgan fingerprint density at radius 1 is 1.38 bits per heavy atom.